The van der Waals surface area contributed by atoms with Crippen molar-refractivity contribution in [2.45, 2.75) is 36.6 Å². The molecule has 0 amide bonds. The predicted octanol–water partition coefficient (Wildman–Crippen LogP) is 3.92. The van der Waals surface area contributed by atoms with Crippen LogP contribution in [0.3, 0.4) is 0 Å². The minimum Gasteiger partial charge on any atom is -0.207 e. The van der Waals surface area contributed by atoms with Gasteiger partial charge in [-0.1, -0.05) is 48.5 Å². The van der Waals surface area contributed by atoms with E-state index in [0.29, 0.717) is 17.4 Å². The van der Waals surface area contributed by atoms with Crippen LogP contribution in [0.15, 0.2) is 59.5 Å². The highest BCUT2D eigenvalue weighted by atomic mass is 32.2. The lowest BCUT2D eigenvalue weighted by atomic mass is 9.82. The van der Waals surface area contributed by atoms with E-state index in [1.165, 1.54) is 12.8 Å². The molecule has 1 saturated carbocycles. The molecule has 2 bridgehead atoms. The maximum absolute atomic E-state index is 13.3. The third-order valence-corrected chi connectivity index (χ3v) is 7.20. The minimum absolute atomic E-state index is 0.189. The van der Waals surface area contributed by atoms with Gasteiger partial charge in [-0.3, -0.25) is 0 Å². The summed E-state index contributed by atoms with van der Waals surface area (Å²) in [6.07, 6.45) is 4.38. The average molecular weight is 327 g/mol. The fraction of sp³-hybridized carbons (Fsp3) is 0.368. The van der Waals surface area contributed by atoms with Crippen molar-refractivity contribution in [3.05, 3.63) is 54.6 Å². The highest BCUT2D eigenvalue weighted by molar-refractivity contribution is 7.89. The summed E-state index contributed by atoms with van der Waals surface area (Å²) in [5, 5.41) is 0. The molecule has 3 aliphatic rings. The quantitative estimate of drug-likeness (QED) is 0.857. The summed E-state index contributed by atoms with van der Waals surface area (Å²) >= 11 is 0. The van der Waals surface area contributed by atoms with Gasteiger partial charge in [0.15, 0.2) is 0 Å². The summed E-state index contributed by atoms with van der Waals surface area (Å²) in [6, 6.07) is 17.4. The summed E-state index contributed by atoms with van der Waals surface area (Å²) in [6.45, 7) is 0.691. The number of rotatable bonds is 3. The van der Waals surface area contributed by atoms with Gasteiger partial charge in [0.1, 0.15) is 0 Å². The Bertz CT molecular complexity index is 793. The standard InChI is InChI=1S/C19H21NO2S/c21-23(22,20-14-15-10-12-17(20)13-11-15)19-9-5-4-8-18(19)16-6-2-1-3-7-16/h1-9,15,17H,10-14H2. The highest BCUT2D eigenvalue weighted by Crippen LogP contribution is 2.39. The summed E-state index contributed by atoms with van der Waals surface area (Å²) in [7, 11) is -3.44. The Labute approximate surface area is 138 Å². The van der Waals surface area contributed by atoms with Gasteiger partial charge in [-0.15, -0.1) is 0 Å². The van der Waals surface area contributed by atoms with Crippen LogP contribution in [0.25, 0.3) is 11.1 Å². The zero-order chi connectivity index (χ0) is 15.9. The van der Waals surface area contributed by atoms with E-state index in [9.17, 15) is 8.42 Å². The van der Waals surface area contributed by atoms with Crippen molar-refractivity contribution in [2.24, 2.45) is 5.92 Å². The number of benzene rings is 2. The van der Waals surface area contributed by atoms with Crippen LogP contribution in [0.4, 0.5) is 0 Å². The Balaban J connectivity index is 1.79. The zero-order valence-corrected chi connectivity index (χ0v) is 13.9. The molecule has 2 heterocycles. The first-order valence-corrected chi connectivity index (χ1v) is 9.76. The molecule has 0 N–H and O–H groups in total. The largest absolute Gasteiger partial charge is 0.243 e. The second-order valence-corrected chi connectivity index (χ2v) is 8.47. The molecule has 3 fully saturated rings. The van der Waals surface area contributed by atoms with Crippen molar-refractivity contribution in [3.63, 3.8) is 0 Å². The SMILES string of the molecule is O=S(=O)(c1ccccc1-c1ccccc1)N1CC2CCC1CC2. The van der Waals surface area contributed by atoms with E-state index >= 15 is 0 Å². The molecule has 0 atom stereocenters. The van der Waals surface area contributed by atoms with Crippen LogP contribution in [0, 0.1) is 5.92 Å². The van der Waals surface area contributed by atoms with Gasteiger partial charge in [-0.2, -0.15) is 4.31 Å². The predicted molar refractivity (Wildman–Crippen MR) is 91.5 cm³/mol. The van der Waals surface area contributed by atoms with Gasteiger partial charge in [0, 0.05) is 18.2 Å². The van der Waals surface area contributed by atoms with Crippen molar-refractivity contribution in [1.82, 2.24) is 4.31 Å². The van der Waals surface area contributed by atoms with E-state index in [0.717, 1.165) is 24.0 Å². The molecule has 120 valence electrons. The lowest BCUT2D eigenvalue weighted by molar-refractivity contribution is 0.120. The van der Waals surface area contributed by atoms with Gasteiger partial charge in [0.2, 0.25) is 10.0 Å². The van der Waals surface area contributed by atoms with Crippen LogP contribution < -0.4 is 0 Å². The second kappa shape index (κ2) is 5.77. The molecule has 4 heteroatoms. The number of sulfonamides is 1. The van der Waals surface area contributed by atoms with Crippen LogP contribution in [0.1, 0.15) is 25.7 Å². The fourth-order valence-corrected chi connectivity index (χ4v) is 5.96. The highest BCUT2D eigenvalue weighted by Gasteiger charge is 2.41. The second-order valence-electron chi connectivity index (χ2n) is 6.61. The monoisotopic (exact) mass is 327 g/mol. The Morgan fingerprint density at radius 3 is 2.13 bits per heavy atom. The van der Waals surface area contributed by atoms with E-state index in [4.69, 9.17) is 0 Å². The number of nitrogens with zero attached hydrogens (tertiary/aromatic N) is 1. The molecule has 3 nitrogen and oxygen atoms in total. The maximum atomic E-state index is 13.3. The summed E-state index contributed by atoms with van der Waals surface area (Å²) < 4.78 is 28.4. The normalized spacial score (nSPS) is 24.7. The molecule has 2 aromatic rings. The first-order valence-electron chi connectivity index (χ1n) is 8.32. The van der Waals surface area contributed by atoms with Gasteiger partial charge in [-0.05, 0) is 43.2 Å². The van der Waals surface area contributed by atoms with Crippen LogP contribution in [0.5, 0.6) is 0 Å². The Morgan fingerprint density at radius 1 is 0.826 bits per heavy atom. The molecule has 0 radical (unpaired) electrons. The van der Waals surface area contributed by atoms with Gasteiger partial charge >= 0.3 is 0 Å². The molecular weight excluding hydrogens is 306 g/mol. The van der Waals surface area contributed by atoms with Gasteiger partial charge < -0.3 is 0 Å². The van der Waals surface area contributed by atoms with Gasteiger partial charge in [0.05, 0.1) is 4.90 Å². The van der Waals surface area contributed by atoms with Crippen molar-refractivity contribution >= 4 is 10.0 Å². The lowest BCUT2D eigenvalue weighted by Gasteiger charge is -2.44. The van der Waals surface area contributed by atoms with Crippen LogP contribution in [0.2, 0.25) is 0 Å². The van der Waals surface area contributed by atoms with Crippen LogP contribution >= 0.6 is 0 Å². The van der Waals surface area contributed by atoms with E-state index < -0.39 is 10.0 Å². The van der Waals surface area contributed by atoms with E-state index in [-0.39, 0.29) is 6.04 Å². The minimum atomic E-state index is -3.44. The summed E-state index contributed by atoms with van der Waals surface area (Å²) in [5.41, 5.74) is 1.75. The number of hydrogen-bond acceptors (Lipinski definition) is 2. The first kappa shape index (κ1) is 14.9. The Kier molecular flexibility index (Phi) is 3.74. The van der Waals surface area contributed by atoms with Gasteiger partial charge in [-0.25, -0.2) is 8.42 Å². The zero-order valence-electron chi connectivity index (χ0n) is 13.1. The van der Waals surface area contributed by atoms with E-state index in [1.54, 1.807) is 10.4 Å². The topological polar surface area (TPSA) is 37.4 Å². The van der Waals surface area contributed by atoms with Crippen molar-refractivity contribution < 1.29 is 8.42 Å². The van der Waals surface area contributed by atoms with Crippen LogP contribution in [-0.4, -0.2) is 25.3 Å². The number of hydrogen-bond donors (Lipinski definition) is 0. The van der Waals surface area contributed by atoms with Gasteiger partial charge in [0.25, 0.3) is 0 Å². The maximum Gasteiger partial charge on any atom is 0.243 e. The molecule has 0 spiro atoms. The third kappa shape index (κ3) is 2.60. The van der Waals surface area contributed by atoms with Crippen LogP contribution in [-0.2, 0) is 10.0 Å². The Morgan fingerprint density at radius 2 is 1.48 bits per heavy atom. The molecule has 2 saturated heterocycles. The molecule has 2 aromatic carbocycles. The lowest BCUT2D eigenvalue weighted by Crippen LogP contribution is -2.50. The number of fused-ring (bicyclic) bond motifs is 3. The van der Waals surface area contributed by atoms with Crippen molar-refractivity contribution in [3.8, 4) is 11.1 Å². The molecule has 23 heavy (non-hydrogen) atoms. The average Bonchev–Trinajstić information content (AvgIpc) is 2.63. The molecule has 0 aromatic heterocycles. The molecule has 5 rings (SSSR count). The molecule has 1 aliphatic carbocycles. The molecule has 0 unspecified atom stereocenters. The third-order valence-electron chi connectivity index (χ3n) is 5.22. The van der Waals surface area contributed by atoms with E-state index in [1.807, 2.05) is 48.5 Å². The number of piperidine rings is 2. The fourth-order valence-electron chi connectivity index (χ4n) is 3.99. The smallest absolute Gasteiger partial charge is 0.207 e. The van der Waals surface area contributed by atoms with Crippen molar-refractivity contribution in [2.75, 3.05) is 6.54 Å². The first-order chi connectivity index (χ1) is 11.2. The summed E-state index contributed by atoms with van der Waals surface area (Å²) in [5.74, 6) is 0.540. The van der Waals surface area contributed by atoms with E-state index in [2.05, 4.69) is 0 Å². The molecular formula is C19H21NO2S. The Hall–Kier alpha value is -1.65. The molecule has 2 aliphatic heterocycles. The summed E-state index contributed by atoms with van der Waals surface area (Å²) in [4.78, 5) is 0.443. The van der Waals surface area contributed by atoms with Crippen molar-refractivity contribution in [1.29, 1.82) is 0 Å².